The number of rotatable bonds is 4. The van der Waals surface area contributed by atoms with Gasteiger partial charge in [0.1, 0.15) is 0 Å². The van der Waals surface area contributed by atoms with E-state index in [2.05, 4.69) is 0 Å². The molecule has 4 rings (SSSR count). The summed E-state index contributed by atoms with van der Waals surface area (Å²) in [5.41, 5.74) is 13.2. The highest BCUT2D eigenvalue weighted by Crippen LogP contribution is 2.42. The van der Waals surface area contributed by atoms with Crippen molar-refractivity contribution in [3.05, 3.63) is 84.9 Å². The van der Waals surface area contributed by atoms with Crippen LogP contribution in [0.25, 0.3) is 10.8 Å². The molecule has 0 aliphatic carbocycles. The largest absolute Gasteiger partial charge is 0.451 e. The van der Waals surface area contributed by atoms with E-state index in [0.717, 1.165) is 10.8 Å². The van der Waals surface area contributed by atoms with Gasteiger partial charge in [-0.05, 0) is 35.7 Å². The van der Waals surface area contributed by atoms with Crippen molar-refractivity contribution in [3.8, 4) is 23.0 Å². The molecule has 0 aliphatic heterocycles. The monoisotopic (exact) mass is 342 g/mol. The average molecular weight is 342 g/mol. The molecule has 4 N–H and O–H groups in total. The lowest BCUT2D eigenvalue weighted by atomic mass is 10.1. The predicted molar refractivity (Wildman–Crippen MR) is 106 cm³/mol. The molecule has 0 saturated heterocycles. The first-order valence-electron chi connectivity index (χ1n) is 8.29. The third-order valence-corrected chi connectivity index (χ3v) is 4.11. The Balaban J connectivity index is 1.85. The lowest BCUT2D eigenvalue weighted by Gasteiger charge is -2.16. The molecule has 0 aromatic heterocycles. The molecule has 26 heavy (non-hydrogen) atoms. The minimum absolute atomic E-state index is 0.561. The molecule has 0 aliphatic rings. The standard InChI is InChI=1S/C22H18N2O2/c23-17-9-3-5-11-19(17)25-21-14-13-15-7-1-2-8-16(15)22(21)26-20-12-6-4-10-18(20)24/h1-14H,23-24H2. The Morgan fingerprint density at radius 3 is 1.77 bits per heavy atom. The molecule has 0 saturated carbocycles. The molecule has 0 fully saturated rings. The zero-order valence-corrected chi connectivity index (χ0v) is 14.1. The van der Waals surface area contributed by atoms with E-state index in [-0.39, 0.29) is 0 Å². The number of para-hydroxylation sites is 4. The maximum absolute atomic E-state index is 6.17. The molecule has 4 nitrogen and oxygen atoms in total. The fraction of sp³-hybridized carbons (Fsp3) is 0. The predicted octanol–water partition coefficient (Wildman–Crippen LogP) is 5.59. The zero-order valence-electron chi connectivity index (χ0n) is 14.1. The van der Waals surface area contributed by atoms with Gasteiger partial charge in [0, 0.05) is 5.39 Å². The summed E-state index contributed by atoms with van der Waals surface area (Å²) in [6.45, 7) is 0. The van der Waals surface area contributed by atoms with Gasteiger partial charge >= 0.3 is 0 Å². The molecule has 0 unspecified atom stereocenters. The normalized spacial score (nSPS) is 10.6. The highest BCUT2D eigenvalue weighted by molar-refractivity contribution is 5.91. The molecule has 0 heterocycles. The summed E-state index contributed by atoms with van der Waals surface area (Å²) in [7, 11) is 0. The van der Waals surface area contributed by atoms with E-state index in [4.69, 9.17) is 20.9 Å². The summed E-state index contributed by atoms with van der Waals surface area (Å²) >= 11 is 0. The van der Waals surface area contributed by atoms with Gasteiger partial charge in [0.2, 0.25) is 0 Å². The first kappa shape index (κ1) is 15.8. The van der Waals surface area contributed by atoms with Crippen molar-refractivity contribution in [3.63, 3.8) is 0 Å². The molecule has 4 aromatic carbocycles. The molecule has 128 valence electrons. The third-order valence-electron chi connectivity index (χ3n) is 4.11. The van der Waals surface area contributed by atoms with Crippen molar-refractivity contribution in [1.29, 1.82) is 0 Å². The molecular formula is C22H18N2O2. The number of hydrogen-bond donors (Lipinski definition) is 2. The van der Waals surface area contributed by atoms with Crippen molar-refractivity contribution in [2.75, 3.05) is 11.5 Å². The van der Waals surface area contributed by atoms with Crippen molar-refractivity contribution in [2.24, 2.45) is 0 Å². The van der Waals surface area contributed by atoms with Gasteiger partial charge < -0.3 is 20.9 Å². The smallest absolute Gasteiger partial charge is 0.177 e. The van der Waals surface area contributed by atoms with Crippen LogP contribution in [0.2, 0.25) is 0 Å². The van der Waals surface area contributed by atoms with Gasteiger partial charge in [-0.2, -0.15) is 0 Å². The van der Waals surface area contributed by atoms with Gasteiger partial charge in [-0.15, -0.1) is 0 Å². The lowest BCUT2D eigenvalue weighted by molar-refractivity contribution is 0.425. The van der Waals surface area contributed by atoms with E-state index < -0.39 is 0 Å². The minimum atomic E-state index is 0.561. The Bertz CT molecular complexity index is 1080. The van der Waals surface area contributed by atoms with E-state index in [1.54, 1.807) is 12.1 Å². The van der Waals surface area contributed by atoms with Crippen LogP contribution in [0.15, 0.2) is 84.9 Å². The number of fused-ring (bicyclic) bond motifs is 1. The van der Waals surface area contributed by atoms with Crippen LogP contribution >= 0.6 is 0 Å². The summed E-state index contributed by atoms with van der Waals surface area (Å²) in [5, 5.41) is 1.98. The second-order valence-corrected chi connectivity index (χ2v) is 5.89. The number of benzene rings is 4. The van der Waals surface area contributed by atoms with E-state index in [1.165, 1.54) is 0 Å². The van der Waals surface area contributed by atoms with Gasteiger partial charge in [0.15, 0.2) is 23.0 Å². The lowest BCUT2D eigenvalue weighted by Crippen LogP contribution is -1.96. The van der Waals surface area contributed by atoms with E-state index >= 15 is 0 Å². The zero-order chi connectivity index (χ0) is 17.9. The number of hydrogen-bond acceptors (Lipinski definition) is 4. The van der Waals surface area contributed by atoms with Crippen LogP contribution in [0, 0.1) is 0 Å². The van der Waals surface area contributed by atoms with Gasteiger partial charge in [0.25, 0.3) is 0 Å². The van der Waals surface area contributed by atoms with Crippen LogP contribution in [0.1, 0.15) is 0 Å². The van der Waals surface area contributed by atoms with Crippen LogP contribution in [-0.4, -0.2) is 0 Å². The quantitative estimate of drug-likeness (QED) is 0.474. The van der Waals surface area contributed by atoms with Crippen LogP contribution in [-0.2, 0) is 0 Å². The molecule has 0 atom stereocenters. The maximum atomic E-state index is 6.17. The van der Waals surface area contributed by atoms with Gasteiger partial charge in [0.05, 0.1) is 11.4 Å². The number of anilines is 2. The summed E-state index contributed by atoms with van der Waals surface area (Å²) in [6.07, 6.45) is 0. The SMILES string of the molecule is Nc1ccccc1Oc1ccc2ccccc2c1Oc1ccccc1N. The van der Waals surface area contributed by atoms with E-state index in [9.17, 15) is 0 Å². The Hall–Kier alpha value is -3.66. The molecule has 0 amide bonds. The van der Waals surface area contributed by atoms with Crippen molar-refractivity contribution < 1.29 is 9.47 Å². The molecular weight excluding hydrogens is 324 g/mol. The molecule has 4 aromatic rings. The minimum Gasteiger partial charge on any atom is -0.451 e. The van der Waals surface area contributed by atoms with Gasteiger partial charge in [-0.25, -0.2) is 0 Å². The molecule has 0 spiro atoms. The first-order chi connectivity index (χ1) is 12.7. The number of nitrogens with two attached hydrogens (primary N) is 2. The summed E-state index contributed by atoms with van der Waals surface area (Å²) in [5.74, 6) is 2.33. The van der Waals surface area contributed by atoms with E-state index in [1.807, 2.05) is 72.8 Å². The van der Waals surface area contributed by atoms with Crippen molar-refractivity contribution >= 4 is 22.1 Å². The third kappa shape index (κ3) is 3.00. The van der Waals surface area contributed by atoms with Crippen molar-refractivity contribution in [2.45, 2.75) is 0 Å². The number of ether oxygens (including phenoxy) is 2. The summed E-state index contributed by atoms with van der Waals surface area (Å²) in [4.78, 5) is 0. The topological polar surface area (TPSA) is 70.5 Å². The van der Waals surface area contributed by atoms with Gasteiger partial charge in [-0.1, -0.05) is 54.6 Å². The second kappa shape index (κ2) is 6.69. The Kier molecular flexibility index (Phi) is 4.07. The highest BCUT2D eigenvalue weighted by Gasteiger charge is 2.14. The maximum Gasteiger partial charge on any atom is 0.177 e. The van der Waals surface area contributed by atoms with E-state index in [0.29, 0.717) is 34.4 Å². The number of nitrogen functional groups attached to an aromatic ring is 2. The fourth-order valence-corrected chi connectivity index (χ4v) is 2.78. The highest BCUT2D eigenvalue weighted by atomic mass is 16.5. The Labute approximate surface area is 151 Å². The molecule has 4 heteroatoms. The van der Waals surface area contributed by atoms with Crippen molar-refractivity contribution in [1.82, 2.24) is 0 Å². The molecule has 0 bridgehead atoms. The van der Waals surface area contributed by atoms with Crippen LogP contribution < -0.4 is 20.9 Å². The molecule has 0 radical (unpaired) electrons. The summed E-state index contributed by atoms with van der Waals surface area (Å²) < 4.78 is 12.2. The van der Waals surface area contributed by atoms with Gasteiger partial charge in [-0.3, -0.25) is 0 Å². The Morgan fingerprint density at radius 2 is 1.08 bits per heavy atom. The average Bonchev–Trinajstić information content (AvgIpc) is 2.67. The summed E-state index contributed by atoms with van der Waals surface area (Å²) in [6, 6.07) is 26.6. The first-order valence-corrected chi connectivity index (χ1v) is 8.29. The Morgan fingerprint density at radius 1 is 0.500 bits per heavy atom. The van der Waals surface area contributed by atoms with Crippen LogP contribution in [0.3, 0.4) is 0 Å². The fourth-order valence-electron chi connectivity index (χ4n) is 2.78. The second-order valence-electron chi connectivity index (χ2n) is 5.89. The van der Waals surface area contributed by atoms with Crippen LogP contribution in [0.4, 0.5) is 11.4 Å². The van der Waals surface area contributed by atoms with Crippen LogP contribution in [0.5, 0.6) is 23.0 Å².